The molecule has 0 aliphatic carbocycles. The maximum absolute atomic E-state index is 13.6. The molecule has 9 heteroatoms. The lowest BCUT2D eigenvalue weighted by Gasteiger charge is -2.18. The molecule has 0 aliphatic rings. The second-order valence-electron chi connectivity index (χ2n) is 8.59. The molecule has 0 aliphatic heterocycles. The van der Waals surface area contributed by atoms with Crippen molar-refractivity contribution in [3.8, 4) is 0 Å². The molecule has 0 fully saturated rings. The number of nitrogens with two attached hydrogens (primary N) is 1. The van der Waals surface area contributed by atoms with E-state index in [1.807, 2.05) is 60.7 Å². The number of benzene rings is 4. The molecule has 0 bridgehead atoms. The molecule has 1 amide bonds. The van der Waals surface area contributed by atoms with Crippen LogP contribution in [-0.2, 0) is 38.0 Å². The molecule has 192 valence electrons. The van der Waals surface area contributed by atoms with Crippen LogP contribution < -0.4 is 11.1 Å². The van der Waals surface area contributed by atoms with Gasteiger partial charge in [0, 0.05) is 5.39 Å². The van der Waals surface area contributed by atoms with Crippen LogP contribution >= 0.6 is 7.82 Å². The molecule has 0 radical (unpaired) electrons. The highest BCUT2D eigenvalue weighted by atomic mass is 31.2. The standard InChI is InChI=1S/C29H25N2O6P/c30-28-24-16-22(14-15-25(24)37-26-13-7-12-23(27(26)28)29(31)32)19-36-38(33,34-17-20-8-3-1-4-9-20)35-18-21-10-5-2-6-11-21/h1-16,30H,17-19H2,(H2,31,32). The molecule has 0 saturated heterocycles. The lowest BCUT2D eigenvalue weighted by molar-refractivity contribution is 0.0976. The van der Waals surface area contributed by atoms with Gasteiger partial charge in [-0.2, -0.15) is 0 Å². The molecule has 1 aromatic heterocycles. The minimum Gasteiger partial charge on any atom is -0.456 e. The van der Waals surface area contributed by atoms with Gasteiger partial charge in [0.2, 0.25) is 5.91 Å². The van der Waals surface area contributed by atoms with Crippen molar-refractivity contribution in [1.29, 1.82) is 5.41 Å². The molecule has 0 spiro atoms. The third kappa shape index (κ3) is 5.74. The first kappa shape index (κ1) is 25.6. The van der Waals surface area contributed by atoms with Crippen LogP contribution in [0.4, 0.5) is 0 Å². The first-order chi connectivity index (χ1) is 18.4. The number of carbonyl (C=O) groups excluding carboxylic acids is 1. The lowest BCUT2D eigenvalue weighted by atomic mass is 10.0. The van der Waals surface area contributed by atoms with Crippen molar-refractivity contribution < 1.29 is 27.3 Å². The molecule has 5 rings (SSSR count). The van der Waals surface area contributed by atoms with Crippen molar-refractivity contribution in [1.82, 2.24) is 0 Å². The van der Waals surface area contributed by atoms with Gasteiger partial charge in [0.05, 0.1) is 36.1 Å². The van der Waals surface area contributed by atoms with Gasteiger partial charge in [-0.3, -0.25) is 23.8 Å². The van der Waals surface area contributed by atoms with E-state index in [9.17, 15) is 9.36 Å². The Bertz CT molecular complexity index is 1660. The number of phosphoric ester groups is 1. The van der Waals surface area contributed by atoms with Crippen molar-refractivity contribution in [2.45, 2.75) is 19.8 Å². The third-order valence-electron chi connectivity index (χ3n) is 5.93. The summed E-state index contributed by atoms with van der Waals surface area (Å²) >= 11 is 0. The average molecular weight is 529 g/mol. The highest BCUT2D eigenvalue weighted by molar-refractivity contribution is 7.48. The SMILES string of the molecule is N=c1c2cc(COP(=O)(OCc3ccccc3)OCc3ccccc3)ccc2oc2cccc(C(N)=O)c12. The quantitative estimate of drug-likeness (QED) is 0.164. The number of carbonyl (C=O) groups is 1. The largest absolute Gasteiger partial charge is 0.475 e. The van der Waals surface area contributed by atoms with Gasteiger partial charge in [0.1, 0.15) is 11.2 Å². The molecular formula is C29H25N2O6P. The van der Waals surface area contributed by atoms with Gasteiger partial charge < -0.3 is 10.2 Å². The number of nitrogens with one attached hydrogen (secondary N) is 1. The first-order valence-corrected chi connectivity index (χ1v) is 13.3. The summed E-state index contributed by atoms with van der Waals surface area (Å²) in [6.45, 7) is -0.0176. The zero-order chi connectivity index (χ0) is 26.5. The van der Waals surface area contributed by atoms with E-state index in [-0.39, 0.29) is 30.7 Å². The zero-order valence-corrected chi connectivity index (χ0v) is 21.2. The summed E-state index contributed by atoms with van der Waals surface area (Å²) < 4.78 is 36.6. The molecule has 0 atom stereocenters. The molecule has 0 saturated carbocycles. The van der Waals surface area contributed by atoms with Crippen molar-refractivity contribution in [3.05, 3.63) is 125 Å². The number of hydrogen-bond acceptors (Lipinski definition) is 7. The minimum absolute atomic E-state index is 0.0439. The predicted molar refractivity (Wildman–Crippen MR) is 143 cm³/mol. The summed E-state index contributed by atoms with van der Waals surface area (Å²) in [4.78, 5) is 11.9. The van der Waals surface area contributed by atoms with E-state index in [0.717, 1.165) is 11.1 Å². The van der Waals surface area contributed by atoms with Gasteiger partial charge in [-0.15, -0.1) is 0 Å². The summed E-state index contributed by atoms with van der Waals surface area (Å²) in [5.41, 5.74) is 8.82. The van der Waals surface area contributed by atoms with E-state index in [1.165, 1.54) is 0 Å². The number of hydrogen-bond donors (Lipinski definition) is 2. The predicted octanol–water partition coefficient (Wildman–Crippen LogP) is 6.22. The highest BCUT2D eigenvalue weighted by Crippen LogP contribution is 2.51. The molecule has 1 heterocycles. The van der Waals surface area contributed by atoms with E-state index in [4.69, 9.17) is 29.1 Å². The Kier molecular flexibility index (Phi) is 7.49. The van der Waals surface area contributed by atoms with E-state index in [0.29, 0.717) is 27.5 Å². The Hall–Kier alpha value is -4.07. The smallest absolute Gasteiger partial charge is 0.456 e. The fourth-order valence-corrected chi connectivity index (χ4v) is 5.15. The summed E-state index contributed by atoms with van der Waals surface area (Å²) in [6, 6.07) is 28.7. The van der Waals surface area contributed by atoms with E-state index in [1.54, 1.807) is 36.4 Å². The first-order valence-electron chi connectivity index (χ1n) is 11.9. The van der Waals surface area contributed by atoms with Crippen LogP contribution in [0.2, 0.25) is 0 Å². The van der Waals surface area contributed by atoms with Crippen LogP contribution in [0.25, 0.3) is 21.9 Å². The monoisotopic (exact) mass is 528 g/mol. The number of rotatable bonds is 10. The van der Waals surface area contributed by atoms with Crippen LogP contribution in [0.5, 0.6) is 0 Å². The fourth-order valence-electron chi connectivity index (χ4n) is 4.00. The molecule has 8 nitrogen and oxygen atoms in total. The van der Waals surface area contributed by atoms with Crippen LogP contribution in [0.3, 0.4) is 0 Å². The van der Waals surface area contributed by atoms with Crippen molar-refractivity contribution >= 4 is 35.7 Å². The molecular weight excluding hydrogens is 503 g/mol. The van der Waals surface area contributed by atoms with Gasteiger partial charge in [0.25, 0.3) is 0 Å². The molecule has 5 aromatic rings. The van der Waals surface area contributed by atoms with Gasteiger partial charge in [-0.25, -0.2) is 4.57 Å². The van der Waals surface area contributed by atoms with Crippen LogP contribution in [0.15, 0.2) is 101 Å². The molecule has 3 N–H and O–H groups in total. The number of primary amides is 1. The Morgan fingerprint density at radius 1 is 0.737 bits per heavy atom. The van der Waals surface area contributed by atoms with Gasteiger partial charge in [-0.1, -0.05) is 72.8 Å². The van der Waals surface area contributed by atoms with Crippen molar-refractivity contribution in [3.63, 3.8) is 0 Å². The van der Waals surface area contributed by atoms with Gasteiger partial charge in [-0.05, 0) is 41.0 Å². The van der Waals surface area contributed by atoms with Gasteiger partial charge >= 0.3 is 7.82 Å². The van der Waals surface area contributed by atoms with E-state index >= 15 is 0 Å². The Morgan fingerprint density at radius 2 is 1.32 bits per heavy atom. The minimum atomic E-state index is -3.98. The maximum Gasteiger partial charge on any atom is 0.475 e. The number of fused-ring (bicyclic) bond motifs is 2. The molecule has 0 unspecified atom stereocenters. The maximum atomic E-state index is 13.6. The number of amides is 1. The van der Waals surface area contributed by atoms with Crippen LogP contribution in [-0.4, -0.2) is 5.91 Å². The third-order valence-corrected chi connectivity index (χ3v) is 7.26. The average Bonchev–Trinajstić information content (AvgIpc) is 2.95. The fraction of sp³-hybridized carbons (Fsp3) is 0.103. The summed E-state index contributed by atoms with van der Waals surface area (Å²) in [6.07, 6.45) is 0. The lowest BCUT2D eigenvalue weighted by Crippen LogP contribution is -2.15. The second kappa shape index (κ2) is 11.1. The molecule has 4 aromatic carbocycles. The Morgan fingerprint density at radius 3 is 1.89 bits per heavy atom. The van der Waals surface area contributed by atoms with E-state index in [2.05, 4.69) is 0 Å². The molecule has 38 heavy (non-hydrogen) atoms. The van der Waals surface area contributed by atoms with E-state index < -0.39 is 13.7 Å². The second-order valence-corrected chi connectivity index (χ2v) is 10.3. The van der Waals surface area contributed by atoms with Crippen molar-refractivity contribution in [2.24, 2.45) is 5.73 Å². The van der Waals surface area contributed by atoms with Crippen LogP contribution in [0.1, 0.15) is 27.0 Å². The van der Waals surface area contributed by atoms with Crippen LogP contribution in [0, 0.1) is 5.41 Å². The number of phosphoric acid groups is 1. The summed E-state index contributed by atoms with van der Waals surface area (Å²) in [5, 5.41) is 9.61. The van der Waals surface area contributed by atoms with Crippen molar-refractivity contribution in [2.75, 3.05) is 0 Å². The van der Waals surface area contributed by atoms with Gasteiger partial charge in [0.15, 0.2) is 0 Å². The summed E-state index contributed by atoms with van der Waals surface area (Å²) in [7, 11) is -3.98. The zero-order valence-electron chi connectivity index (χ0n) is 20.3. The normalized spacial score (nSPS) is 11.7. The Balaban J connectivity index is 1.41. The topological polar surface area (TPSA) is 125 Å². The highest BCUT2D eigenvalue weighted by Gasteiger charge is 2.27. The Labute approximate surface area is 218 Å². The summed E-state index contributed by atoms with van der Waals surface area (Å²) in [5.74, 6) is -0.648.